The zero-order valence-corrected chi connectivity index (χ0v) is 13.8. The van der Waals surface area contributed by atoms with Gasteiger partial charge in [-0.15, -0.1) is 0 Å². The second-order valence-corrected chi connectivity index (χ2v) is 7.41. The molecule has 1 aromatic heterocycles. The van der Waals surface area contributed by atoms with E-state index in [0.717, 1.165) is 38.3 Å². The van der Waals surface area contributed by atoms with Crippen molar-refractivity contribution >= 4 is 21.8 Å². The third-order valence-corrected chi connectivity index (χ3v) is 5.24. The van der Waals surface area contributed by atoms with Gasteiger partial charge in [0, 0.05) is 18.3 Å². The second-order valence-electron chi connectivity index (χ2n) is 5.72. The summed E-state index contributed by atoms with van der Waals surface area (Å²) in [5.41, 5.74) is 0. The molecule has 8 heteroatoms. The molecule has 126 valence electrons. The van der Waals surface area contributed by atoms with E-state index in [4.69, 9.17) is 0 Å². The molecule has 0 radical (unpaired) electrons. The molecule has 2 amide bonds. The highest BCUT2D eigenvalue weighted by molar-refractivity contribution is 7.90. The van der Waals surface area contributed by atoms with E-state index in [1.807, 2.05) is 4.72 Å². The minimum absolute atomic E-state index is 0.0890. The number of nitrogens with one attached hydrogen (secondary N) is 2. The largest absolute Gasteiger partial charge is 0.344 e. The van der Waals surface area contributed by atoms with Crippen LogP contribution in [0.5, 0.6) is 0 Å². The molecule has 1 saturated carbocycles. The van der Waals surface area contributed by atoms with Crippen LogP contribution in [0.3, 0.4) is 0 Å². The van der Waals surface area contributed by atoms with E-state index in [0.29, 0.717) is 0 Å². The van der Waals surface area contributed by atoms with Crippen molar-refractivity contribution < 1.29 is 18.0 Å². The molecule has 1 aliphatic rings. The van der Waals surface area contributed by atoms with Crippen LogP contribution in [0.4, 0.5) is 0 Å². The molecule has 1 atom stereocenters. The van der Waals surface area contributed by atoms with Gasteiger partial charge in [-0.3, -0.25) is 14.6 Å². The number of carbonyl (C=O) groups is 2. The maximum atomic E-state index is 12.1. The van der Waals surface area contributed by atoms with Crippen molar-refractivity contribution in [1.29, 1.82) is 0 Å². The van der Waals surface area contributed by atoms with Crippen LogP contribution >= 0.6 is 0 Å². The monoisotopic (exact) mass is 339 g/mol. The van der Waals surface area contributed by atoms with Crippen LogP contribution in [0, 0.1) is 5.92 Å². The Kier molecular flexibility index (Phi) is 5.70. The Hall–Kier alpha value is -1.96. The maximum Gasteiger partial charge on any atom is 0.265 e. The first kappa shape index (κ1) is 17.4. The van der Waals surface area contributed by atoms with Crippen molar-refractivity contribution in [1.82, 2.24) is 15.0 Å². The standard InChI is InChI=1S/C15H21N3O4S/c1-11(17-15(20)12-6-3-2-4-7-12)14(19)18-23(21,22)13-8-5-9-16-10-13/h5,8-12H,2-4,6-7H2,1H3,(H,17,20)(H,18,19). The molecule has 0 saturated heterocycles. The van der Waals surface area contributed by atoms with Crippen molar-refractivity contribution in [3.63, 3.8) is 0 Å². The Morgan fingerprint density at radius 2 is 1.96 bits per heavy atom. The summed E-state index contributed by atoms with van der Waals surface area (Å²) in [5.74, 6) is -1.04. The zero-order chi connectivity index (χ0) is 16.9. The van der Waals surface area contributed by atoms with Crippen molar-refractivity contribution in [3.8, 4) is 0 Å². The van der Waals surface area contributed by atoms with Gasteiger partial charge in [-0.2, -0.15) is 0 Å². The van der Waals surface area contributed by atoms with Crippen LogP contribution < -0.4 is 10.0 Å². The molecule has 2 N–H and O–H groups in total. The molecular formula is C15H21N3O4S. The summed E-state index contributed by atoms with van der Waals surface area (Å²) in [6, 6.07) is 1.89. The first-order valence-corrected chi connectivity index (χ1v) is 9.15. The van der Waals surface area contributed by atoms with Gasteiger partial charge in [0.05, 0.1) is 0 Å². The van der Waals surface area contributed by atoms with Gasteiger partial charge in [-0.25, -0.2) is 13.1 Å². The molecule has 7 nitrogen and oxygen atoms in total. The minimum atomic E-state index is -3.98. The zero-order valence-electron chi connectivity index (χ0n) is 13.0. The fourth-order valence-electron chi connectivity index (χ4n) is 2.55. The van der Waals surface area contributed by atoms with E-state index in [2.05, 4.69) is 10.3 Å². The van der Waals surface area contributed by atoms with E-state index in [1.54, 1.807) is 0 Å². The number of aromatic nitrogens is 1. The number of hydrogen-bond acceptors (Lipinski definition) is 5. The lowest BCUT2D eigenvalue weighted by atomic mass is 9.88. The highest BCUT2D eigenvalue weighted by Crippen LogP contribution is 2.23. The first-order valence-electron chi connectivity index (χ1n) is 7.67. The molecule has 0 aromatic carbocycles. The van der Waals surface area contributed by atoms with E-state index >= 15 is 0 Å². The number of pyridine rings is 1. The van der Waals surface area contributed by atoms with Crippen molar-refractivity contribution in [3.05, 3.63) is 24.5 Å². The summed E-state index contributed by atoms with van der Waals surface area (Å²) in [6.45, 7) is 1.47. The summed E-state index contributed by atoms with van der Waals surface area (Å²) >= 11 is 0. The maximum absolute atomic E-state index is 12.1. The molecule has 1 unspecified atom stereocenters. The Balaban J connectivity index is 1.93. The molecule has 1 heterocycles. The van der Waals surface area contributed by atoms with E-state index in [1.165, 1.54) is 25.3 Å². The Morgan fingerprint density at radius 1 is 1.26 bits per heavy atom. The molecule has 0 spiro atoms. The quantitative estimate of drug-likeness (QED) is 0.831. The SMILES string of the molecule is CC(NC(=O)C1CCCCC1)C(=O)NS(=O)(=O)c1cccnc1. The number of carbonyl (C=O) groups excluding carboxylic acids is 2. The number of nitrogens with zero attached hydrogens (tertiary/aromatic N) is 1. The highest BCUT2D eigenvalue weighted by atomic mass is 32.2. The first-order chi connectivity index (χ1) is 10.9. The lowest BCUT2D eigenvalue weighted by Gasteiger charge is -2.22. The number of hydrogen-bond donors (Lipinski definition) is 2. The van der Waals surface area contributed by atoms with Crippen LogP contribution in [0.15, 0.2) is 29.4 Å². The van der Waals surface area contributed by atoms with E-state index < -0.39 is 22.0 Å². The van der Waals surface area contributed by atoms with E-state index in [-0.39, 0.29) is 16.7 Å². The predicted octanol–water partition coefficient (Wildman–Crippen LogP) is 0.971. The van der Waals surface area contributed by atoms with E-state index in [9.17, 15) is 18.0 Å². The van der Waals surface area contributed by atoms with Crippen LogP contribution in [0.1, 0.15) is 39.0 Å². The topological polar surface area (TPSA) is 105 Å². The smallest absolute Gasteiger partial charge is 0.265 e. The van der Waals surface area contributed by atoms with Gasteiger partial charge in [0.1, 0.15) is 10.9 Å². The molecule has 1 fully saturated rings. The highest BCUT2D eigenvalue weighted by Gasteiger charge is 2.26. The Labute approximate surface area is 135 Å². The number of amides is 2. The van der Waals surface area contributed by atoms with Gasteiger partial charge >= 0.3 is 0 Å². The minimum Gasteiger partial charge on any atom is -0.344 e. The summed E-state index contributed by atoms with van der Waals surface area (Å²) in [4.78, 5) is 27.7. The fourth-order valence-corrected chi connectivity index (χ4v) is 3.56. The average molecular weight is 339 g/mol. The number of sulfonamides is 1. The molecule has 0 aliphatic heterocycles. The van der Waals surface area contributed by atoms with Crippen molar-refractivity contribution in [2.24, 2.45) is 5.92 Å². The molecule has 23 heavy (non-hydrogen) atoms. The molecule has 1 aromatic rings. The average Bonchev–Trinajstić information content (AvgIpc) is 2.56. The number of rotatable bonds is 5. The Morgan fingerprint density at radius 3 is 2.57 bits per heavy atom. The van der Waals surface area contributed by atoms with Gasteiger partial charge < -0.3 is 5.32 Å². The lowest BCUT2D eigenvalue weighted by molar-refractivity contribution is -0.130. The van der Waals surface area contributed by atoms with Gasteiger partial charge in [0.2, 0.25) is 5.91 Å². The fraction of sp³-hybridized carbons (Fsp3) is 0.533. The van der Waals surface area contributed by atoms with Gasteiger partial charge in [0.25, 0.3) is 15.9 Å². The van der Waals surface area contributed by atoms with Crippen molar-refractivity contribution in [2.75, 3.05) is 0 Å². The third-order valence-electron chi connectivity index (χ3n) is 3.91. The lowest BCUT2D eigenvalue weighted by Crippen LogP contribution is -2.48. The predicted molar refractivity (Wildman–Crippen MR) is 83.7 cm³/mol. The summed E-state index contributed by atoms with van der Waals surface area (Å²) < 4.78 is 26.1. The van der Waals surface area contributed by atoms with Crippen LogP contribution in [-0.2, 0) is 19.6 Å². The molecule has 2 rings (SSSR count). The van der Waals surface area contributed by atoms with Crippen LogP contribution in [0.2, 0.25) is 0 Å². The van der Waals surface area contributed by atoms with Gasteiger partial charge in [-0.05, 0) is 31.9 Å². The van der Waals surface area contributed by atoms with Gasteiger partial charge in [0.15, 0.2) is 0 Å². The third kappa shape index (κ3) is 4.75. The summed E-state index contributed by atoms with van der Waals surface area (Å²) in [5, 5.41) is 2.59. The normalized spacial score (nSPS) is 17.3. The summed E-state index contributed by atoms with van der Waals surface area (Å²) in [7, 11) is -3.98. The molecule has 1 aliphatic carbocycles. The Bertz CT molecular complexity index is 655. The van der Waals surface area contributed by atoms with Gasteiger partial charge in [-0.1, -0.05) is 19.3 Å². The van der Waals surface area contributed by atoms with Crippen LogP contribution in [-0.4, -0.2) is 31.3 Å². The molecule has 0 bridgehead atoms. The van der Waals surface area contributed by atoms with Crippen LogP contribution in [0.25, 0.3) is 0 Å². The molecular weight excluding hydrogens is 318 g/mol. The van der Waals surface area contributed by atoms with Crippen molar-refractivity contribution in [2.45, 2.75) is 50.0 Å². The second kappa shape index (κ2) is 7.54. The summed E-state index contributed by atoms with van der Waals surface area (Å²) in [6.07, 6.45) is 7.36.